The molecule has 0 saturated heterocycles. The monoisotopic (exact) mass is 344 g/mol. The highest BCUT2D eigenvalue weighted by Crippen LogP contribution is 2.27. The Morgan fingerprint density at radius 3 is 2.36 bits per heavy atom. The van der Waals surface area contributed by atoms with Crippen LogP contribution >= 0.6 is 0 Å². The molecule has 0 bridgehead atoms. The number of nitrogens with one attached hydrogen (secondary N) is 1. The van der Waals surface area contributed by atoms with E-state index in [1.54, 1.807) is 14.2 Å². The molecular formula is C19H28N4O2. The molecule has 0 aliphatic heterocycles. The van der Waals surface area contributed by atoms with Crippen molar-refractivity contribution in [3.8, 4) is 11.5 Å². The molecule has 0 aliphatic carbocycles. The fourth-order valence-electron chi connectivity index (χ4n) is 2.66. The number of hydrogen-bond donors (Lipinski definition) is 1. The minimum absolute atomic E-state index is 0.745. The van der Waals surface area contributed by atoms with Gasteiger partial charge in [-0.3, -0.25) is 0 Å². The Morgan fingerprint density at radius 1 is 1.00 bits per heavy atom. The topological polar surface area (TPSA) is 59.5 Å². The van der Waals surface area contributed by atoms with Crippen molar-refractivity contribution < 1.29 is 9.47 Å². The molecule has 0 unspecified atom stereocenters. The third kappa shape index (κ3) is 4.98. The van der Waals surface area contributed by atoms with Crippen molar-refractivity contribution in [1.82, 2.24) is 9.97 Å². The molecule has 1 N–H and O–H groups in total. The van der Waals surface area contributed by atoms with Gasteiger partial charge in [-0.05, 0) is 44.9 Å². The maximum absolute atomic E-state index is 5.35. The van der Waals surface area contributed by atoms with Gasteiger partial charge in [0.15, 0.2) is 11.5 Å². The van der Waals surface area contributed by atoms with Gasteiger partial charge < -0.3 is 19.7 Å². The number of rotatable bonds is 9. The second-order valence-corrected chi connectivity index (χ2v) is 5.73. The van der Waals surface area contributed by atoms with Crippen LogP contribution in [0.4, 0.5) is 11.8 Å². The first kappa shape index (κ1) is 18.8. The Hall–Kier alpha value is -2.50. The van der Waals surface area contributed by atoms with Crippen LogP contribution in [0.25, 0.3) is 0 Å². The van der Waals surface area contributed by atoms with Crippen LogP contribution in [0.2, 0.25) is 0 Å². The Morgan fingerprint density at radius 2 is 1.72 bits per heavy atom. The van der Waals surface area contributed by atoms with Crippen molar-refractivity contribution in [2.75, 3.05) is 44.1 Å². The number of nitrogens with zero attached hydrogens (tertiary/aromatic N) is 3. The van der Waals surface area contributed by atoms with Crippen LogP contribution in [0.3, 0.4) is 0 Å². The van der Waals surface area contributed by atoms with E-state index >= 15 is 0 Å². The molecule has 2 aromatic rings. The Balaban J connectivity index is 2.02. The summed E-state index contributed by atoms with van der Waals surface area (Å²) in [6.07, 6.45) is 0.865. The van der Waals surface area contributed by atoms with Crippen molar-refractivity contribution in [3.05, 3.63) is 35.5 Å². The van der Waals surface area contributed by atoms with Crippen molar-refractivity contribution in [2.45, 2.75) is 27.2 Å². The zero-order chi connectivity index (χ0) is 18.2. The lowest BCUT2D eigenvalue weighted by atomic mass is 10.1. The average Bonchev–Trinajstić information content (AvgIpc) is 2.62. The highest BCUT2D eigenvalue weighted by atomic mass is 16.5. The van der Waals surface area contributed by atoms with Crippen LogP contribution in [0.15, 0.2) is 24.3 Å². The number of ether oxygens (including phenoxy) is 2. The summed E-state index contributed by atoms with van der Waals surface area (Å²) in [6.45, 7) is 8.78. The van der Waals surface area contributed by atoms with E-state index in [1.165, 1.54) is 5.56 Å². The third-order valence-electron chi connectivity index (χ3n) is 4.06. The summed E-state index contributed by atoms with van der Waals surface area (Å²) in [4.78, 5) is 11.3. The third-order valence-corrected chi connectivity index (χ3v) is 4.06. The minimum atomic E-state index is 0.745. The molecular weight excluding hydrogens is 316 g/mol. The maximum Gasteiger partial charge on any atom is 0.227 e. The molecule has 0 amide bonds. The van der Waals surface area contributed by atoms with Gasteiger partial charge in [-0.25, -0.2) is 4.98 Å². The van der Waals surface area contributed by atoms with E-state index in [4.69, 9.17) is 9.47 Å². The van der Waals surface area contributed by atoms with Crippen LogP contribution < -0.4 is 19.7 Å². The molecule has 0 spiro atoms. The van der Waals surface area contributed by atoms with Gasteiger partial charge >= 0.3 is 0 Å². The van der Waals surface area contributed by atoms with Crippen molar-refractivity contribution in [1.29, 1.82) is 0 Å². The number of benzene rings is 1. The highest BCUT2D eigenvalue weighted by Gasteiger charge is 2.08. The number of aromatic nitrogens is 2. The Kier molecular flexibility index (Phi) is 6.86. The molecule has 0 aliphatic rings. The first-order chi connectivity index (χ1) is 12.1. The summed E-state index contributed by atoms with van der Waals surface area (Å²) in [7, 11) is 3.29. The van der Waals surface area contributed by atoms with Gasteiger partial charge in [-0.1, -0.05) is 6.07 Å². The maximum atomic E-state index is 5.35. The normalized spacial score (nSPS) is 10.4. The van der Waals surface area contributed by atoms with Gasteiger partial charge in [0.25, 0.3) is 0 Å². The van der Waals surface area contributed by atoms with Gasteiger partial charge in [0.2, 0.25) is 5.95 Å². The molecule has 6 nitrogen and oxygen atoms in total. The lowest BCUT2D eigenvalue weighted by Gasteiger charge is -2.19. The van der Waals surface area contributed by atoms with E-state index in [-0.39, 0.29) is 0 Å². The van der Waals surface area contributed by atoms with Crippen molar-refractivity contribution >= 4 is 11.8 Å². The second kappa shape index (κ2) is 9.11. The molecule has 25 heavy (non-hydrogen) atoms. The largest absolute Gasteiger partial charge is 0.493 e. The van der Waals surface area contributed by atoms with Gasteiger partial charge in [-0.2, -0.15) is 4.98 Å². The molecule has 0 saturated carbocycles. The quantitative estimate of drug-likeness (QED) is 0.753. The molecule has 0 radical (unpaired) electrons. The Labute approximate surface area is 150 Å². The van der Waals surface area contributed by atoms with Crippen LogP contribution in [-0.4, -0.2) is 43.8 Å². The van der Waals surface area contributed by atoms with E-state index in [2.05, 4.69) is 40.1 Å². The van der Waals surface area contributed by atoms with Crippen molar-refractivity contribution in [3.63, 3.8) is 0 Å². The van der Waals surface area contributed by atoms with Gasteiger partial charge in [0.1, 0.15) is 5.82 Å². The molecule has 0 atom stereocenters. The summed E-state index contributed by atoms with van der Waals surface area (Å²) in [5.74, 6) is 3.13. The molecule has 6 heteroatoms. The number of hydrogen-bond acceptors (Lipinski definition) is 6. The molecule has 1 heterocycles. The molecule has 0 fully saturated rings. The zero-order valence-electron chi connectivity index (χ0n) is 15.8. The summed E-state index contributed by atoms with van der Waals surface area (Å²) in [5.41, 5.74) is 2.14. The molecule has 2 rings (SSSR count). The standard InChI is InChI=1S/C19H28N4O2/c1-6-23(7-2)19-21-14(3)12-18(22-19)20-11-10-15-8-9-16(24-4)17(13-15)25-5/h8-9,12-13H,6-7,10-11H2,1-5H3,(H,20,21,22). The van der Waals surface area contributed by atoms with E-state index in [1.807, 2.05) is 25.1 Å². The lowest BCUT2D eigenvalue weighted by molar-refractivity contribution is 0.354. The van der Waals surface area contributed by atoms with E-state index < -0.39 is 0 Å². The summed E-state index contributed by atoms with van der Waals surface area (Å²) in [6, 6.07) is 7.96. The van der Waals surface area contributed by atoms with Crippen LogP contribution in [0, 0.1) is 6.92 Å². The second-order valence-electron chi connectivity index (χ2n) is 5.73. The van der Waals surface area contributed by atoms with Crippen LogP contribution in [-0.2, 0) is 6.42 Å². The van der Waals surface area contributed by atoms with E-state index in [0.29, 0.717) is 0 Å². The number of methoxy groups -OCH3 is 2. The predicted octanol–water partition coefficient (Wildman–Crippen LogP) is 3.30. The minimum Gasteiger partial charge on any atom is -0.493 e. The van der Waals surface area contributed by atoms with Gasteiger partial charge in [-0.15, -0.1) is 0 Å². The summed E-state index contributed by atoms with van der Waals surface area (Å²) in [5, 5.41) is 3.39. The molecule has 1 aromatic carbocycles. The first-order valence-corrected chi connectivity index (χ1v) is 8.66. The highest BCUT2D eigenvalue weighted by molar-refractivity contribution is 5.45. The number of anilines is 2. The van der Waals surface area contributed by atoms with Gasteiger partial charge in [0.05, 0.1) is 14.2 Å². The van der Waals surface area contributed by atoms with Gasteiger partial charge in [0, 0.05) is 31.4 Å². The zero-order valence-corrected chi connectivity index (χ0v) is 15.8. The lowest BCUT2D eigenvalue weighted by Crippen LogP contribution is -2.25. The average molecular weight is 344 g/mol. The first-order valence-electron chi connectivity index (χ1n) is 8.66. The summed E-state index contributed by atoms with van der Waals surface area (Å²) < 4.78 is 10.6. The van der Waals surface area contributed by atoms with Crippen molar-refractivity contribution in [2.24, 2.45) is 0 Å². The fraction of sp³-hybridized carbons (Fsp3) is 0.474. The van der Waals surface area contributed by atoms with Crippen LogP contribution in [0.1, 0.15) is 25.1 Å². The SMILES string of the molecule is CCN(CC)c1nc(C)cc(NCCc2ccc(OC)c(OC)c2)n1. The summed E-state index contributed by atoms with van der Waals surface area (Å²) >= 11 is 0. The smallest absolute Gasteiger partial charge is 0.227 e. The van der Waals surface area contributed by atoms with E-state index in [0.717, 1.165) is 55.0 Å². The van der Waals surface area contributed by atoms with E-state index in [9.17, 15) is 0 Å². The number of aryl methyl sites for hydroxylation is 1. The predicted molar refractivity (Wildman–Crippen MR) is 102 cm³/mol. The Bertz CT molecular complexity index is 687. The molecule has 136 valence electrons. The van der Waals surface area contributed by atoms with Crippen LogP contribution in [0.5, 0.6) is 11.5 Å². The molecule has 1 aromatic heterocycles. The fourth-order valence-corrected chi connectivity index (χ4v) is 2.66.